The van der Waals surface area contributed by atoms with Crippen molar-refractivity contribution < 1.29 is 23.4 Å². The number of benzene rings is 3. The van der Waals surface area contributed by atoms with Gasteiger partial charge in [0.25, 0.3) is 0 Å². The summed E-state index contributed by atoms with van der Waals surface area (Å²) in [6.45, 7) is 6.50. The van der Waals surface area contributed by atoms with E-state index in [0.717, 1.165) is 48.8 Å². The summed E-state index contributed by atoms with van der Waals surface area (Å²) in [5.74, 6) is -1.11. The van der Waals surface area contributed by atoms with Crippen molar-refractivity contribution in [3.8, 4) is 16.9 Å². The fourth-order valence-corrected chi connectivity index (χ4v) is 7.25. The number of carbonyl (C=O) groups is 1. The first-order valence-electron chi connectivity index (χ1n) is 13.7. The van der Waals surface area contributed by atoms with Gasteiger partial charge in [-0.15, -0.1) is 0 Å². The number of rotatable bonds is 6. The Morgan fingerprint density at radius 3 is 2.58 bits per heavy atom. The number of aryl methyl sites for hydroxylation is 2. The third-order valence-corrected chi connectivity index (χ3v) is 9.44. The van der Waals surface area contributed by atoms with Gasteiger partial charge in [-0.25, -0.2) is 8.78 Å². The SMILES string of the molecule is Cc1ccc(F)c(-c2c(F)cc(COc3ccc4c(c3)[C@]3(CC4)C[C@H]3C(=O)O)cc2[C@H]2CCCC2(C)C)c1. The van der Waals surface area contributed by atoms with Crippen molar-refractivity contribution in [2.24, 2.45) is 11.3 Å². The third-order valence-electron chi connectivity index (χ3n) is 9.44. The number of carboxylic acid groups (broad SMARTS) is 1. The second-order valence-corrected chi connectivity index (χ2v) is 12.3. The van der Waals surface area contributed by atoms with Gasteiger partial charge in [-0.3, -0.25) is 4.79 Å². The number of fused-ring (bicyclic) bond motifs is 2. The van der Waals surface area contributed by atoms with E-state index in [-0.39, 0.29) is 29.3 Å². The van der Waals surface area contributed by atoms with Gasteiger partial charge in [-0.2, -0.15) is 0 Å². The minimum atomic E-state index is -0.729. The highest BCUT2D eigenvalue weighted by Gasteiger charge is 2.61. The minimum Gasteiger partial charge on any atom is -0.489 e. The van der Waals surface area contributed by atoms with Crippen molar-refractivity contribution in [3.05, 3.63) is 88.0 Å². The molecule has 3 nitrogen and oxygen atoms in total. The number of hydrogen-bond donors (Lipinski definition) is 1. The number of carboxylic acids is 1. The summed E-state index contributed by atoms with van der Waals surface area (Å²) in [4.78, 5) is 11.6. The first-order valence-corrected chi connectivity index (χ1v) is 13.7. The Morgan fingerprint density at radius 2 is 1.87 bits per heavy atom. The lowest BCUT2D eigenvalue weighted by molar-refractivity contribution is -0.139. The van der Waals surface area contributed by atoms with E-state index in [9.17, 15) is 14.3 Å². The predicted molar refractivity (Wildman–Crippen MR) is 143 cm³/mol. The molecule has 0 amide bonds. The molecule has 3 aliphatic carbocycles. The van der Waals surface area contributed by atoms with Crippen molar-refractivity contribution in [1.29, 1.82) is 0 Å². The largest absolute Gasteiger partial charge is 0.489 e. The van der Waals surface area contributed by atoms with E-state index >= 15 is 4.39 Å². The van der Waals surface area contributed by atoms with Gasteiger partial charge >= 0.3 is 5.97 Å². The zero-order valence-electron chi connectivity index (χ0n) is 22.2. The molecule has 198 valence electrons. The summed E-state index contributed by atoms with van der Waals surface area (Å²) >= 11 is 0. The van der Waals surface area contributed by atoms with Gasteiger partial charge in [0.1, 0.15) is 24.0 Å². The van der Waals surface area contributed by atoms with E-state index in [0.29, 0.717) is 28.9 Å². The van der Waals surface area contributed by atoms with Crippen LogP contribution in [0, 0.1) is 29.9 Å². The molecule has 2 fully saturated rings. The van der Waals surface area contributed by atoms with Crippen LogP contribution in [-0.2, 0) is 23.2 Å². The molecule has 3 aliphatic rings. The van der Waals surface area contributed by atoms with Crippen LogP contribution in [0.3, 0.4) is 0 Å². The third kappa shape index (κ3) is 4.11. The van der Waals surface area contributed by atoms with Gasteiger partial charge in [-0.05, 0) is 103 Å². The molecule has 5 heteroatoms. The highest BCUT2D eigenvalue weighted by molar-refractivity contribution is 5.78. The van der Waals surface area contributed by atoms with E-state index < -0.39 is 17.6 Å². The number of ether oxygens (including phenoxy) is 1. The highest BCUT2D eigenvalue weighted by atomic mass is 19.1. The zero-order valence-corrected chi connectivity index (χ0v) is 22.2. The molecular formula is C33H34F2O3. The topological polar surface area (TPSA) is 46.5 Å². The first-order chi connectivity index (χ1) is 18.1. The van der Waals surface area contributed by atoms with Crippen LogP contribution in [0.2, 0.25) is 0 Å². The maximum absolute atomic E-state index is 15.9. The Labute approximate surface area is 222 Å². The van der Waals surface area contributed by atoms with Crippen LogP contribution >= 0.6 is 0 Å². The van der Waals surface area contributed by atoms with Gasteiger partial charge in [0.15, 0.2) is 0 Å². The fraction of sp³-hybridized carbons (Fsp3) is 0.424. The lowest BCUT2D eigenvalue weighted by atomic mass is 9.75. The van der Waals surface area contributed by atoms with Crippen LogP contribution in [0.25, 0.3) is 11.1 Å². The van der Waals surface area contributed by atoms with E-state index in [2.05, 4.69) is 13.8 Å². The normalized spacial score (nSPS) is 25.0. The molecule has 0 unspecified atom stereocenters. The quantitative estimate of drug-likeness (QED) is 0.360. The average molecular weight is 517 g/mol. The van der Waals surface area contributed by atoms with Crippen molar-refractivity contribution in [1.82, 2.24) is 0 Å². The van der Waals surface area contributed by atoms with Gasteiger partial charge in [0.2, 0.25) is 0 Å². The molecule has 38 heavy (non-hydrogen) atoms. The first kappa shape index (κ1) is 25.1. The van der Waals surface area contributed by atoms with Gasteiger partial charge in [-0.1, -0.05) is 44.0 Å². The molecule has 3 aromatic carbocycles. The van der Waals surface area contributed by atoms with Gasteiger partial charge in [0, 0.05) is 16.5 Å². The number of hydrogen-bond acceptors (Lipinski definition) is 2. The van der Waals surface area contributed by atoms with Crippen LogP contribution in [-0.4, -0.2) is 11.1 Å². The van der Waals surface area contributed by atoms with Gasteiger partial charge in [0.05, 0.1) is 5.92 Å². The zero-order chi connectivity index (χ0) is 26.8. The Bertz CT molecular complexity index is 1440. The summed E-state index contributed by atoms with van der Waals surface area (Å²) in [7, 11) is 0. The Kier molecular flexibility index (Phi) is 5.89. The maximum atomic E-state index is 15.9. The van der Waals surface area contributed by atoms with E-state index in [1.165, 1.54) is 17.7 Å². The lowest BCUT2D eigenvalue weighted by Gasteiger charge is -2.30. The molecular weight excluding hydrogens is 482 g/mol. The van der Waals surface area contributed by atoms with Crippen LogP contribution in [0.1, 0.15) is 79.7 Å². The predicted octanol–water partition coefficient (Wildman–Crippen LogP) is 8.10. The smallest absolute Gasteiger partial charge is 0.307 e. The summed E-state index contributed by atoms with van der Waals surface area (Å²) in [6, 6.07) is 14.3. The monoisotopic (exact) mass is 516 g/mol. The van der Waals surface area contributed by atoms with Crippen molar-refractivity contribution in [3.63, 3.8) is 0 Å². The number of halogens is 2. The summed E-state index contributed by atoms with van der Waals surface area (Å²) in [6.07, 6.45) is 5.48. The minimum absolute atomic E-state index is 0.0137. The molecule has 6 rings (SSSR count). The molecule has 3 atom stereocenters. The molecule has 1 N–H and O–H groups in total. The fourth-order valence-electron chi connectivity index (χ4n) is 7.25. The summed E-state index contributed by atoms with van der Waals surface area (Å²) in [5.41, 5.74) is 5.15. The van der Waals surface area contributed by atoms with E-state index in [4.69, 9.17) is 4.74 Å². The average Bonchev–Trinajstić information content (AvgIpc) is 3.36. The van der Waals surface area contributed by atoms with Crippen molar-refractivity contribution in [2.45, 2.75) is 77.2 Å². The molecule has 3 aromatic rings. The van der Waals surface area contributed by atoms with Gasteiger partial charge < -0.3 is 9.84 Å². The van der Waals surface area contributed by atoms with Crippen LogP contribution in [0.4, 0.5) is 8.78 Å². The van der Waals surface area contributed by atoms with Crippen LogP contribution < -0.4 is 4.74 Å². The standard InChI is InChI=1S/C33H34F2O3/c1-19-6-9-28(34)24(13-19)30-23(25-5-4-11-32(25,2)3)14-20(15-29(30)35)18-38-22-8-7-21-10-12-33(26(21)16-22)17-27(33)31(36)37/h6-9,13-16,25,27H,4-5,10-12,17-18H2,1-3H3,(H,36,37)/t25-,27+,33+/m1/s1. The van der Waals surface area contributed by atoms with Crippen molar-refractivity contribution in [2.75, 3.05) is 0 Å². The Balaban J connectivity index is 1.33. The lowest BCUT2D eigenvalue weighted by Crippen LogP contribution is -2.17. The molecule has 0 radical (unpaired) electrons. The van der Waals surface area contributed by atoms with Crippen molar-refractivity contribution >= 4 is 5.97 Å². The summed E-state index contributed by atoms with van der Waals surface area (Å²) < 4.78 is 37.0. The van der Waals surface area contributed by atoms with Crippen LogP contribution in [0.5, 0.6) is 5.75 Å². The molecule has 0 bridgehead atoms. The number of aliphatic carboxylic acids is 1. The summed E-state index contributed by atoms with van der Waals surface area (Å²) in [5, 5.41) is 9.55. The van der Waals surface area contributed by atoms with E-state index in [1.807, 2.05) is 31.2 Å². The van der Waals surface area contributed by atoms with E-state index in [1.54, 1.807) is 12.1 Å². The molecule has 0 heterocycles. The second-order valence-electron chi connectivity index (χ2n) is 12.3. The molecule has 2 saturated carbocycles. The molecule has 0 aromatic heterocycles. The Hall–Kier alpha value is -3.21. The molecule has 1 spiro atoms. The highest BCUT2D eigenvalue weighted by Crippen LogP contribution is 2.62. The molecule has 0 aliphatic heterocycles. The molecule has 0 saturated heterocycles. The second kappa shape index (κ2) is 8.93. The maximum Gasteiger partial charge on any atom is 0.307 e. The van der Waals surface area contributed by atoms with Crippen LogP contribution in [0.15, 0.2) is 48.5 Å². The Morgan fingerprint density at radius 1 is 1.05 bits per heavy atom.